The van der Waals surface area contributed by atoms with E-state index in [4.69, 9.17) is 0 Å². The summed E-state index contributed by atoms with van der Waals surface area (Å²) in [5.41, 5.74) is 2.01. The van der Waals surface area contributed by atoms with Gasteiger partial charge in [0.25, 0.3) is 0 Å². The van der Waals surface area contributed by atoms with Crippen molar-refractivity contribution >= 4 is 0 Å². The van der Waals surface area contributed by atoms with Crippen molar-refractivity contribution in [1.82, 2.24) is 5.32 Å². The molecule has 1 saturated heterocycles. The van der Waals surface area contributed by atoms with Gasteiger partial charge in [-0.2, -0.15) is 0 Å². The Kier molecular flexibility index (Phi) is 2.79. The molecule has 0 amide bonds. The number of rotatable bonds is 1. The van der Waals surface area contributed by atoms with E-state index in [2.05, 4.69) is 19.2 Å². The predicted octanol–water partition coefficient (Wildman–Crippen LogP) is 2.99. The molecule has 0 radical (unpaired) electrons. The van der Waals surface area contributed by atoms with Gasteiger partial charge in [0.2, 0.25) is 0 Å². The van der Waals surface area contributed by atoms with Gasteiger partial charge >= 0.3 is 0 Å². The zero-order chi connectivity index (χ0) is 11.0. The summed E-state index contributed by atoms with van der Waals surface area (Å²) in [6.45, 7) is 6.23. The molecule has 1 fully saturated rings. The highest BCUT2D eigenvalue weighted by Crippen LogP contribution is 2.31. The minimum absolute atomic E-state index is 0.106. The van der Waals surface area contributed by atoms with Crippen LogP contribution in [0.15, 0.2) is 18.2 Å². The highest BCUT2D eigenvalue weighted by molar-refractivity contribution is 5.29. The van der Waals surface area contributed by atoms with Crippen LogP contribution in [0.4, 0.5) is 4.39 Å². The van der Waals surface area contributed by atoms with Gasteiger partial charge in [-0.3, -0.25) is 0 Å². The van der Waals surface area contributed by atoms with Crippen LogP contribution in [-0.4, -0.2) is 12.1 Å². The molecule has 0 aromatic heterocycles. The summed E-state index contributed by atoms with van der Waals surface area (Å²) in [5, 5.41) is 3.51. The Morgan fingerprint density at radius 2 is 2.07 bits per heavy atom. The fraction of sp³-hybridized carbons (Fsp3) is 0.538. The molecule has 0 bridgehead atoms. The second-order valence-corrected chi connectivity index (χ2v) is 4.71. The first-order valence-corrected chi connectivity index (χ1v) is 5.60. The van der Waals surface area contributed by atoms with E-state index in [-0.39, 0.29) is 5.82 Å². The molecule has 0 spiro atoms. The Morgan fingerprint density at radius 3 is 2.60 bits per heavy atom. The molecule has 15 heavy (non-hydrogen) atoms. The van der Waals surface area contributed by atoms with Crippen LogP contribution in [0.2, 0.25) is 0 Å². The van der Waals surface area contributed by atoms with Crippen molar-refractivity contribution in [2.75, 3.05) is 0 Å². The van der Waals surface area contributed by atoms with Crippen LogP contribution in [0.25, 0.3) is 0 Å². The number of aryl methyl sites for hydroxylation is 1. The fourth-order valence-electron chi connectivity index (χ4n) is 2.54. The first kappa shape index (κ1) is 10.6. The minimum atomic E-state index is -0.106. The molecule has 1 aromatic rings. The van der Waals surface area contributed by atoms with Crippen molar-refractivity contribution in [2.24, 2.45) is 0 Å². The monoisotopic (exact) mass is 207 g/mol. The number of hydrogen-bond acceptors (Lipinski definition) is 1. The van der Waals surface area contributed by atoms with E-state index >= 15 is 0 Å². The van der Waals surface area contributed by atoms with Crippen LogP contribution in [-0.2, 0) is 0 Å². The van der Waals surface area contributed by atoms with Gasteiger partial charge in [-0.1, -0.05) is 12.1 Å². The summed E-state index contributed by atoms with van der Waals surface area (Å²) in [6.07, 6.45) is 1.15. The quantitative estimate of drug-likeness (QED) is 0.746. The molecule has 1 aromatic carbocycles. The van der Waals surface area contributed by atoms with Gasteiger partial charge < -0.3 is 5.32 Å². The topological polar surface area (TPSA) is 12.0 Å². The molecule has 82 valence electrons. The molecule has 3 unspecified atom stereocenters. The number of nitrogens with one attached hydrogen (secondary N) is 1. The third-order valence-corrected chi connectivity index (χ3v) is 3.37. The normalized spacial score (nSPS) is 30.8. The lowest BCUT2D eigenvalue weighted by Crippen LogP contribution is -2.26. The van der Waals surface area contributed by atoms with E-state index in [0.717, 1.165) is 12.0 Å². The summed E-state index contributed by atoms with van der Waals surface area (Å²) >= 11 is 0. The average molecular weight is 207 g/mol. The zero-order valence-electron chi connectivity index (χ0n) is 9.55. The Hall–Kier alpha value is -0.890. The molecule has 1 nitrogen and oxygen atoms in total. The van der Waals surface area contributed by atoms with Crippen molar-refractivity contribution in [2.45, 2.75) is 45.2 Å². The highest BCUT2D eigenvalue weighted by atomic mass is 19.1. The molecule has 1 heterocycles. The van der Waals surface area contributed by atoms with Gasteiger partial charge in [-0.25, -0.2) is 4.39 Å². The first-order chi connectivity index (χ1) is 7.08. The van der Waals surface area contributed by atoms with E-state index in [1.807, 2.05) is 19.1 Å². The lowest BCUT2D eigenvalue weighted by Gasteiger charge is -2.15. The molecule has 0 aliphatic carbocycles. The van der Waals surface area contributed by atoms with Crippen molar-refractivity contribution in [3.8, 4) is 0 Å². The maximum Gasteiger partial charge on any atom is 0.126 e. The van der Waals surface area contributed by atoms with E-state index < -0.39 is 0 Å². The molecule has 1 aliphatic rings. The highest BCUT2D eigenvalue weighted by Gasteiger charge is 2.29. The number of benzene rings is 1. The first-order valence-electron chi connectivity index (χ1n) is 5.60. The van der Waals surface area contributed by atoms with Crippen molar-refractivity contribution in [1.29, 1.82) is 0 Å². The second kappa shape index (κ2) is 3.93. The second-order valence-electron chi connectivity index (χ2n) is 4.71. The Balaban J connectivity index is 2.26. The zero-order valence-corrected chi connectivity index (χ0v) is 9.55. The maximum atomic E-state index is 13.1. The van der Waals surface area contributed by atoms with Gasteiger partial charge in [0.15, 0.2) is 0 Å². The summed E-state index contributed by atoms with van der Waals surface area (Å²) in [6, 6.07) is 6.54. The molecule has 1 N–H and O–H groups in total. The van der Waals surface area contributed by atoms with Crippen LogP contribution in [0, 0.1) is 12.7 Å². The Morgan fingerprint density at radius 1 is 1.33 bits per heavy atom. The van der Waals surface area contributed by atoms with Gasteiger partial charge in [0.05, 0.1) is 0 Å². The molecule has 2 rings (SSSR count). The van der Waals surface area contributed by atoms with Crippen LogP contribution >= 0.6 is 0 Å². The predicted molar refractivity (Wildman–Crippen MR) is 60.6 cm³/mol. The lowest BCUT2D eigenvalue weighted by molar-refractivity contribution is 0.572. The third-order valence-electron chi connectivity index (χ3n) is 3.37. The van der Waals surface area contributed by atoms with Crippen LogP contribution in [0.5, 0.6) is 0 Å². The Bertz CT molecular complexity index is 362. The standard InChI is InChI=1S/C13H18FN/c1-8-6-11(4-5-13(8)14)12-7-9(2)15-10(12)3/h4-6,9-10,12,15H,7H2,1-3H3. The van der Waals surface area contributed by atoms with E-state index in [9.17, 15) is 4.39 Å². The molecular weight excluding hydrogens is 189 g/mol. The van der Waals surface area contributed by atoms with Crippen molar-refractivity contribution in [3.63, 3.8) is 0 Å². The Labute approximate surface area is 90.7 Å². The van der Waals surface area contributed by atoms with Gasteiger partial charge in [0, 0.05) is 18.0 Å². The molecular formula is C13H18FN. The lowest BCUT2D eigenvalue weighted by atomic mass is 9.91. The number of halogens is 1. The maximum absolute atomic E-state index is 13.1. The molecule has 0 saturated carbocycles. The average Bonchev–Trinajstić information content (AvgIpc) is 2.50. The summed E-state index contributed by atoms with van der Waals surface area (Å²) in [4.78, 5) is 0. The number of hydrogen-bond donors (Lipinski definition) is 1. The van der Waals surface area contributed by atoms with Crippen LogP contribution in [0.1, 0.15) is 37.3 Å². The summed E-state index contributed by atoms with van der Waals surface area (Å²) in [5.74, 6) is 0.421. The SMILES string of the molecule is Cc1cc(C2CC(C)NC2C)ccc1F. The van der Waals surface area contributed by atoms with Gasteiger partial charge in [-0.05, 0) is 44.4 Å². The van der Waals surface area contributed by atoms with E-state index in [1.165, 1.54) is 5.56 Å². The van der Waals surface area contributed by atoms with Crippen molar-refractivity contribution < 1.29 is 4.39 Å². The summed E-state index contributed by atoms with van der Waals surface area (Å²) in [7, 11) is 0. The van der Waals surface area contributed by atoms with Gasteiger partial charge in [0.1, 0.15) is 5.82 Å². The minimum Gasteiger partial charge on any atom is -0.311 e. The van der Waals surface area contributed by atoms with Crippen molar-refractivity contribution in [3.05, 3.63) is 35.1 Å². The fourth-order valence-corrected chi connectivity index (χ4v) is 2.54. The van der Waals surface area contributed by atoms with Crippen LogP contribution in [0.3, 0.4) is 0 Å². The molecule has 1 aliphatic heterocycles. The van der Waals surface area contributed by atoms with E-state index in [1.54, 1.807) is 6.07 Å². The smallest absolute Gasteiger partial charge is 0.126 e. The third kappa shape index (κ3) is 2.05. The molecule has 2 heteroatoms. The van der Waals surface area contributed by atoms with Crippen LogP contribution < -0.4 is 5.32 Å². The largest absolute Gasteiger partial charge is 0.311 e. The van der Waals surface area contributed by atoms with E-state index in [0.29, 0.717) is 18.0 Å². The summed E-state index contributed by atoms with van der Waals surface area (Å²) < 4.78 is 13.1. The van der Waals surface area contributed by atoms with Gasteiger partial charge in [-0.15, -0.1) is 0 Å². The molecule has 3 atom stereocenters.